The summed E-state index contributed by atoms with van der Waals surface area (Å²) in [5.41, 5.74) is 2.16. The largest absolute Gasteiger partial charge is 0.291 e. The van der Waals surface area contributed by atoms with Gasteiger partial charge in [-0.15, -0.1) is 0 Å². The second-order valence-electron chi connectivity index (χ2n) is 6.18. The molecule has 1 fully saturated rings. The Kier molecular flexibility index (Phi) is 3.18. The van der Waals surface area contributed by atoms with Crippen molar-refractivity contribution >= 4 is 15.8 Å². The van der Waals surface area contributed by atoms with E-state index in [0.29, 0.717) is 24.1 Å². The Hall–Kier alpha value is -1.99. The standard InChI is InChI=1S/C16H17N3O3S/c1-10-5-7-11(8-6-10)23(21,22)19-13-3-2-4-14(19)16(20)15-12(13)9-17-18-15/h5-9,13-14H,2-4H2,1H3,(H,17,18). The molecule has 0 spiro atoms. The lowest BCUT2D eigenvalue weighted by Gasteiger charge is -2.43. The lowest BCUT2D eigenvalue weighted by Crippen LogP contribution is -2.52. The Morgan fingerprint density at radius 2 is 1.87 bits per heavy atom. The summed E-state index contributed by atoms with van der Waals surface area (Å²) >= 11 is 0. The molecule has 1 aromatic carbocycles. The number of hydrogen-bond acceptors (Lipinski definition) is 4. The van der Waals surface area contributed by atoms with Crippen LogP contribution in [-0.4, -0.2) is 34.7 Å². The fourth-order valence-electron chi connectivity index (χ4n) is 3.59. The number of ketones is 1. The van der Waals surface area contributed by atoms with Gasteiger partial charge >= 0.3 is 0 Å². The number of fused-ring (bicyclic) bond motifs is 4. The molecule has 0 saturated carbocycles. The molecule has 2 unspecified atom stereocenters. The highest BCUT2D eigenvalue weighted by atomic mass is 32.2. The van der Waals surface area contributed by atoms with Crippen LogP contribution in [0.5, 0.6) is 0 Å². The number of H-pyrrole nitrogens is 1. The first-order valence-electron chi connectivity index (χ1n) is 7.68. The summed E-state index contributed by atoms with van der Waals surface area (Å²) in [6, 6.07) is 5.82. The maximum absolute atomic E-state index is 13.1. The first-order valence-corrected chi connectivity index (χ1v) is 9.12. The highest BCUT2D eigenvalue weighted by molar-refractivity contribution is 7.89. The van der Waals surface area contributed by atoms with Gasteiger partial charge in [-0.3, -0.25) is 9.89 Å². The minimum Gasteiger partial charge on any atom is -0.291 e. The molecule has 6 nitrogen and oxygen atoms in total. The molecule has 0 radical (unpaired) electrons. The van der Waals surface area contributed by atoms with E-state index in [2.05, 4.69) is 10.2 Å². The zero-order valence-corrected chi connectivity index (χ0v) is 13.5. The van der Waals surface area contributed by atoms with Crippen LogP contribution in [0.2, 0.25) is 0 Å². The average molecular weight is 331 g/mol. The zero-order chi connectivity index (χ0) is 16.2. The van der Waals surface area contributed by atoms with E-state index in [0.717, 1.165) is 12.0 Å². The SMILES string of the molecule is Cc1ccc(S(=O)(=O)N2C3CCCC2c2cn[nH]c2C3=O)cc1. The molecule has 2 aromatic rings. The Balaban J connectivity index is 1.85. The van der Waals surface area contributed by atoms with Crippen LogP contribution in [0.4, 0.5) is 0 Å². The summed E-state index contributed by atoms with van der Waals surface area (Å²) in [7, 11) is -3.72. The molecule has 7 heteroatoms. The molecule has 23 heavy (non-hydrogen) atoms. The molecule has 3 heterocycles. The number of rotatable bonds is 2. The molecule has 0 aliphatic carbocycles. The molecule has 1 aromatic heterocycles. The number of aromatic nitrogens is 2. The number of Topliss-reactive ketones (excluding diaryl/α,β-unsaturated/α-hetero) is 1. The van der Waals surface area contributed by atoms with E-state index in [1.165, 1.54) is 4.31 Å². The quantitative estimate of drug-likeness (QED) is 0.914. The second kappa shape index (κ2) is 5.01. The Bertz CT molecular complexity index is 870. The van der Waals surface area contributed by atoms with E-state index in [1.807, 2.05) is 6.92 Å². The molecule has 4 rings (SSSR count). The summed E-state index contributed by atoms with van der Waals surface area (Å²) in [5, 5.41) is 6.68. The van der Waals surface area contributed by atoms with Crippen molar-refractivity contribution in [1.29, 1.82) is 0 Å². The topological polar surface area (TPSA) is 83.1 Å². The van der Waals surface area contributed by atoms with Crippen LogP contribution in [-0.2, 0) is 10.0 Å². The first kappa shape index (κ1) is 14.6. The number of aryl methyl sites for hydroxylation is 1. The number of nitrogens with one attached hydrogen (secondary N) is 1. The fourth-order valence-corrected chi connectivity index (χ4v) is 5.41. The molecule has 2 aliphatic heterocycles. The van der Waals surface area contributed by atoms with Gasteiger partial charge in [0.2, 0.25) is 10.0 Å². The van der Waals surface area contributed by atoms with Crippen molar-refractivity contribution in [3.8, 4) is 0 Å². The van der Waals surface area contributed by atoms with Crippen molar-refractivity contribution in [2.24, 2.45) is 0 Å². The number of hydrogen-bond donors (Lipinski definition) is 1. The van der Waals surface area contributed by atoms with Crippen molar-refractivity contribution in [2.75, 3.05) is 0 Å². The number of carbonyl (C=O) groups is 1. The highest BCUT2D eigenvalue weighted by Gasteiger charge is 2.49. The van der Waals surface area contributed by atoms with Gasteiger partial charge < -0.3 is 0 Å². The molecule has 2 aliphatic rings. The molecular weight excluding hydrogens is 314 g/mol. The number of piperidine rings is 1. The van der Waals surface area contributed by atoms with Gasteiger partial charge in [-0.05, 0) is 38.3 Å². The van der Waals surface area contributed by atoms with E-state index in [9.17, 15) is 13.2 Å². The molecule has 1 N–H and O–H groups in total. The smallest absolute Gasteiger partial charge is 0.244 e. The van der Waals surface area contributed by atoms with Crippen molar-refractivity contribution in [1.82, 2.24) is 14.5 Å². The van der Waals surface area contributed by atoms with Crippen LogP contribution in [0.3, 0.4) is 0 Å². The maximum Gasteiger partial charge on any atom is 0.244 e. The van der Waals surface area contributed by atoms with Gasteiger partial charge in [-0.25, -0.2) is 8.42 Å². The third kappa shape index (κ3) is 2.07. The van der Waals surface area contributed by atoms with Gasteiger partial charge in [0.15, 0.2) is 5.78 Å². The van der Waals surface area contributed by atoms with Crippen LogP contribution in [0, 0.1) is 6.92 Å². The summed E-state index contributed by atoms with van der Waals surface area (Å²) in [5.74, 6) is -0.177. The van der Waals surface area contributed by atoms with Gasteiger partial charge in [0.1, 0.15) is 5.69 Å². The van der Waals surface area contributed by atoms with Crippen molar-refractivity contribution < 1.29 is 13.2 Å². The van der Waals surface area contributed by atoms with E-state index in [4.69, 9.17) is 0 Å². The van der Waals surface area contributed by atoms with Crippen LogP contribution in [0.1, 0.15) is 46.9 Å². The molecule has 2 bridgehead atoms. The van der Waals surface area contributed by atoms with E-state index < -0.39 is 16.1 Å². The predicted octanol–water partition coefficient (Wildman–Crippen LogP) is 2.20. The van der Waals surface area contributed by atoms with E-state index in [-0.39, 0.29) is 16.7 Å². The maximum atomic E-state index is 13.1. The van der Waals surface area contributed by atoms with Crippen molar-refractivity contribution in [3.63, 3.8) is 0 Å². The number of aromatic amines is 1. The summed E-state index contributed by atoms with van der Waals surface area (Å²) in [6.07, 6.45) is 3.68. The van der Waals surface area contributed by atoms with Crippen LogP contribution in [0.15, 0.2) is 35.4 Å². The second-order valence-corrected chi connectivity index (χ2v) is 8.02. The molecule has 2 atom stereocenters. The van der Waals surface area contributed by atoms with Crippen molar-refractivity contribution in [2.45, 2.75) is 43.2 Å². The predicted molar refractivity (Wildman–Crippen MR) is 83.5 cm³/mol. The molecule has 120 valence electrons. The number of benzene rings is 1. The van der Waals surface area contributed by atoms with Crippen molar-refractivity contribution in [3.05, 3.63) is 47.3 Å². The third-order valence-corrected chi connectivity index (χ3v) is 6.67. The van der Waals surface area contributed by atoms with Gasteiger partial charge in [0.25, 0.3) is 0 Å². The van der Waals surface area contributed by atoms with E-state index in [1.54, 1.807) is 30.5 Å². The normalized spacial score (nSPS) is 24.5. The van der Waals surface area contributed by atoms with Gasteiger partial charge in [-0.2, -0.15) is 9.40 Å². The number of sulfonamides is 1. The first-order chi connectivity index (χ1) is 11.0. The Morgan fingerprint density at radius 1 is 1.17 bits per heavy atom. The Morgan fingerprint density at radius 3 is 2.61 bits per heavy atom. The summed E-state index contributed by atoms with van der Waals surface area (Å²) < 4.78 is 27.7. The minimum atomic E-state index is -3.72. The van der Waals surface area contributed by atoms with Crippen LogP contribution < -0.4 is 0 Å². The monoisotopic (exact) mass is 331 g/mol. The van der Waals surface area contributed by atoms with Crippen LogP contribution in [0.25, 0.3) is 0 Å². The third-order valence-electron chi connectivity index (χ3n) is 4.74. The molecular formula is C16H17N3O3S. The fraction of sp³-hybridized carbons (Fsp3) is 0.375. The summed E-state index contributed by atoms with van der Waals surface area (Å²) in [4.78, 5) is 12.9. The lowest BCUT2D eigenvalue weighted by molar-refractivity contribution is 0.0754. The van der Waals surface area contributed by atoms with Gasteiger partial charge in [0.05, 0.1) is 23.2 Å². The molecule has 1 saturated heterocycles. The minimum absolute atomic E-state index is 0.177. The number of carbonyl (C=O) groups excluding carboxylic acids is 1. The number of nitrogens with zero attached hydrogens (tertiary/aromatic N) is 2. The lowest BCUT2D eigenvalue weighted by atomic mass is 9.85. The van der Waals surface area contributed by atoms with Gasteiger partial charge in [0, 0.05) is 5.56 Å². The van der Waals surface area contributed by atoms with Gasteiger partial charge in [-0.1, -0.05) is 17.7 Å². The zero-order valence-electron chi connectivity index (χ0n) is 12.7. The Labute approximate surface area is 134 Å². The summed E-state index contributed by atoms with van der Waals surface area (Å²) in [6.45, 7) is 1.91. The van der Waals surface area contributed by atoms with E-state index >= 15 is 0 Å². The molecule has 0 amide bonds. The average Bonchev–Trinajstić information content (AvgIpc) is 3.02. The highest BCUT2D eigenvalue weighted by Crippen LogP contribution is 2.44. The van der Waals surface area contributed by atoms with Crippen LogP contribution >= 0.6 is 0 Å².